The van der Waals surface area contributed by atoms with Crippen LogP contribution in [0.2, 0.25) is 0 Å². The standard InChI is InChI=1S/C12H16N2O4S/c1-2-18-12(15)11-6-4-8-14(11)19(16,17)10-5-3-7-13-9-10/h3,5,7,9,11H,2,4,6,8H2,1H3. The Hall–Kier alpha value is -1.47. The molecule has 1 atom stereocenters. The largest absolute Gasteiger partial charge is 0.465 e. The van der Waals surface area contributed by atoms with Crippen LogP contribution in [0, 0.1) is 0 Å². The van der Waals surface area contributed by atoms with E-state index in [0.29, 0.717) is 19.4 Å². The average Bonchev–Trinajstić information content (AvgIpc) is 2.90. The lowest BCUT2D eigenvalue weighted by atomic mass is 10.2. The maximum atomic E-state index is 12.4. The molecule has 1 aliphatic heterocycles. The van der Waals surface area contributed by atoms with Crippen LogP contribution in [-0.2, 0) is 19.6 Å². The van der Waals surface area contributed by atoms with Crippen molar-refractivity contribution < 1.29 is 17.9 Å². The van der Waals surface area contributed by atoms with Crippen LogP contribution in [0.15, 0.2) is 29.4 Å². The third-order valence-corrected chi connectivity index (χ3v) is 4.90. The van der Waals surface area contributed by atoms with E-state index in [0.717, 1.165) is 0 Å². The molecule has 2 heterocycles. The first-order valence-electron chi connectivity index (χ1n) is 6.16. The molecule has 0 aromatic carbocycles. The second-order valence-electron chi connectivity index (χ2n) is 4.21. The van der Waals surface area contributed by atoms with Gasteiger partial charge in [0.15, 0.2) is 0 Å². The number of pyridine rings is 1. The molecule has 0 aliphatic carbocycles. The van der Waals surface area contributed by atoms with Gasteiger partial charge in [0, 0.05) is 18.9 Å². The van der Waals surface area contributed by atoms with Gasteiger partial charge in [-0.3, -0.25) is 9.78 Å². The third-order valence-electron chi connectivity index (χ3n) is 3.00. The van der Waals surface area contributed by atoms with Crippen LogP contribution in [0.25, 0.3) is 0 Å². The van der Waals surface area contributed by atoms with Gasteiger partial charge >= 0.3 is 5.97 Å². The zero-order chi connectivity index (χ0) is 13.9. The summed E-state index contributed by atoms with van der Waals surface area (Å²) in [6.07, 6.45) is 3.95. The van der Waals surface area contributed by atoms with Crippen molar-refractivity contribution in [3.63, 3.8) is 0 Å². The number of esters is 1. The third kappa shape index (κ3) is 2.76. The molecule has 104 valence electrons. The summed E-state index contributed by atoms with van der Waals surface area (Å²) in [5.41, 5.74) is 0. The molecule has 0 amide bonds. The normalized spacial score (nSPS) is 20.4. The summed E-state index contributed by atoms with van der Waals surface area (Å²) in [5, 5.41) is 0. The van der Waals surface area contributed by atoms with Crippen LogP contribution in [-0.4, -0.2) is 42.9 Å². The lowest BCUT2D eigenvalue weighted by Crippen LogP contribution is -2.41. The minimum absolute atomic E-state index is 0.103. The van der Waals surface area contributed by atoms with Crippen molar-refractivity contribution >= 4 is 16.0 Å². The van der Waals surface area contributed by atoms with Gasteiger partial charge in [-0.05, 0) is 31.9 Å². The Kier molecular flexibility index (Phi) is 4.16. The number of rotatable bonds is 4. The molecule has 1 unspecified atom stereocenters. The molecule has 19 heavy (non-hydrogen) atoms. The number of sulfonamides is 1. The Morgan fingerprint density at radius 2 is 2.37 bits per heavy atom. The molecular weight excluding hydrogens is 268 g/mol. The fraction of sp³-hybridized carbons (Fsp3) is 0.500. The Morgan fingerprint density at radius 1 is 1.58 bits per heavy atom. The van der Waals surface area contributed by atoms with Crippen LogP contribution in [0.4, 0.5) is 0 Å². The van der Waals surface area contributed by atoms with Crippen molar-refractivity contribution in [3.05, 3.63) is 24.5 Å². The van der Waals surface area contributed by atoms with Gasteiger partial charge in [0.25, 0.3) is 0 Å². The van der Waals surface area contributed by atoms with E-state index < -0.39 is 22.0 Å². The fourth-order valence-electron chi connectivity index (χ4n) is 2.14. The molecular formula is C12H16N2O4S. The van der Waals surface area contributed by atoms with E-state index in [-0.39, 0.29) is 11.5 Å². The fourth-order valence-corrected chi connectivity index (χ4v) is 3.75. The second kappa shape index (κ2) is 5.66. The summed E-state index contributed by atoms with van der Waals surface area (Å²) < 4.78 is 31.0. The van der Waals surface area contributed by atoms with Gasteiger partial charge < -0.3 is 4.74 Å². The zero-order valence-corrected chi connectivity index (χ0v) is 11.5. The molecule has 1 aliphatic rings. The second-order valence-corrected chi connectivity index (χ2v) is 6.11. The predicted octanol–water partition coefficient (Wildman–Crippen LogP) is 0.798. The van der Waals surface area contributed by atoms with Crippen molar-refractivity contribution in [3.8, 4) is 0 Å². The van der Waals surface area contributed by atoms with Gasteiger partial charge in [-0.1, -0.05) is 0 Å². The van der Waals surface area contributed by atoms with Crippen molar-refractivity contribution in [2.45, 2.75) is 30.7 Å². The van der Waals surface area contributed by atoms with E-state index in [9.17, 15) is 13.2 Å². The summed E-state index contributed by atoms with van der Waals surface area (Å²) >= 11 is 0. The van der Waals surface area contributed by atoms with E-state index >= 15 is 0 Å². The monoisotopic (exact) mass is 284 g/mol. The van der Waals surface area contributed by atoms with Crippen molar-refractivity contribution in [1.82, 2.24) is 9.29 Å². The highest BCUT2D eigenvalue weighted by molar-refractivity contribution is 7.89. The molecule has 2 rings (SSSR count). The van der Waals surface area contributed by atoms with Gasteiger partial charge in [-0.15, -0.1) is 0 Å². The summed E-state index contributed by atoms with van der Waals surface area (Å²) in [6, 6.07) is 2.32. The maximum Gasteiger partial charge on any atom is 0.324 e. The maximum absolute atomic E-state index is 12.4. The Labute approximate surface area is 112 Å². The highest BCUT2D eigenvalue weighted by Crippen LogP contribution is 2.26. The molecule has 6 nitrogen and oxygen atoms in total. The quantitative estimate of drug-likeness (QED) is 0.764. The van der Waals surface area contributed by atoms with E-state index in [1.807, 2.05) is 0 Å². The molecule has 1 fully saturated rings. The smallest absolute Gasteiger partial charge is 0.324 e. The van der Waals surface area contributed by atoms with Crippen LogP contribution in [0.3, 0.4) is 0 Å². The first kappa shape index (κ1) is 14.0. The lowest BCUT2D eigenvalue weighted by Gasteiger charge is -2.22. The van der Waals surface area contributed by atoms with Crippen molar-refractivity contribution in [2.75, 3.05) is 13.2 Å². The number of carbonyl (C=O) groups is 1. The highest BCUT2D eigenvalue weighted by atomic mass is 32.2. The van der Waals surface area contributed by atoms with Crippen molar-refractivity contribution in [2.24, 2.45) is 0 Å². The number of nitrogens with zero attached hydrogens (tertiary/aromatic N) is 2. The van der Waals surface area contributed by atoms with Crippen LogP contribution in [0.5, 0.6) is 0 Å². The molecule has 7 heteroatoms. The van der Waals surface area contributed by atoms with E-state index in [1.54, 1.807) is 13.0 Å². The SMILES string of the molecule is CCOC(=O)C1CCCN1S(=O)(=O)c1cccnc1. The molecule has 1 aromatic rings. The average molecular weight is 284 g/mol. The van der Waals surface area contributed by atoms with Crippen LogP contribution in [0.1, 0.15) is 19.8 Å². The van der Waals surface area contributed by atoms with Crippen LogP contribution < -0.4 is 0 Å². The molecule has 0 saturated carbocycles. The van der Waals surface area contributed by atoms with Gasteiger partial charge in [-0.2, -0.15) is 4.31 Å². The molecule has 0 N–H and O–H groups in total. The first-order chi connectivity index (χ1) is 9.07. The Morgan fingerprint density at radius 3 is 3.00 bits per heavy atom. The van der Waals surface area contributed by atoms with E-state index in [1.165, 1.54) is 22.8 Å². The molecule has 0 bridgehead atoms. The minimum atomic E-state index is -3.68. The summed E-state index contributed by atoms with van der Waals surface area (Å²) in [6.45, 7) is 2.28. The summed E-state index contributed by atoms with van der Waals surface area (Å²) in [7, 11) is -3.68. The molecule has 1 saturated heterocycles. The number of hydrogen-bond acceptors (Lipinski definition) is 5. The van der Waals surface area contributed by atoms with Gasteiger partial charge in [0.1, 0.15) is 10.9 Å². The van der Waals surface area contributed by atoms with E-state index in [4.69, 9.17) is 4.74 Å². The number of ether oxygens (including phenoxy) is 1. The van der Waals surface area contributed by atoms with Gasteiger partial charge in [-0.25, -0.2) is 8.42 Å². The minimum Gasteiger partial charge on any atom is -0.465 e. The van der Waals surface area contributed by atoms with Gasteiger partial charge in [0.2, 0.25) is 10.0 Å². The zero-order valence-electron chi connectivity index (χ0n) is 10.7. The predicted molar refractivity (Wildman–Crippen MR) is 67.8 cm³/mol. The topological polar surface area (TPSA) is 76.6 Å². The number of aromatic nitrogens is 1. The molecule has 0 radical (unpaired) electrons. The van der Waals surface area contributed by atoms with E-state index in [2.05, 4.69) is 4.98 Å². The number of hydrogen-bond donors (Lipinski definition) is 0. The molecule has 1 aromatic heterocycles. The first-order valence-corrected chi connectivity index (χ1v) is 7.60. The lowest BCUT2D eigenvalue weighted by molar-refractivity contribution is -0.146. The highest BCUT2D eigenvalue weighted by Gasteiger charge is 2.40. The number of carbonyl (C=O) groups excluding carboxylic acids is 1. The van der Waals surface area contributed by atoms with Crippen LogP contribution >= 0.6 is 0 Å². The summed E-state index contributed by atoms with van der Waals surface area (Å²) in [5.74, 6) is -0.479. The van der Waals surface area contributed by atoms with Crippen molar-refractivity contribution in [1.29, 1.82) is 0 Å². The Balaban J connectivity index is 2.27. The molecule has 0 spiro atoms. The summed E-state index contributed by atoms with van der Waals surface area (Å²) in [4.78, 5) is 15.7. The van der Waals surface area contributed by atoms with Gasteiger partial charge in [0.05, 0.1) is 6.61 Å². The Bertz CT molecular complexity index is 544.